The van der Waals surface area contributed by atoms with E-state index in [1.165, 1.54) is 19.3 Å². The number of hydrogen-bond donors (Lipinski definition) is 2. The normalized spacial score (nSPS) is 24.6. The molecule has 2 fully saturated rings. The van der Waals surface area contributed by atoms with Crippen LogP contribution >= 0.6 is 0 Å². The lowest BCUT2D eigenvalue weighted by molar-refractivity contribution is 0.218. The van der Waals surface area contributed by atoms with Gasteiger partial charge >= 0.3 is 0 Å². The van der Waals surface area contributed by atoms with Crippen molar-refractivity contribution in [1.82, 2.24) is 14.9 Å². The second-order valence-electron chi connectivity index (χ2n) is 6.60. The minimum Gasteiger partial charge on any atom is -0.314 e. The zero-order valence-electron chi connectivity index (χ0n) is 12.7. The van der Waals surface area contributed by atoms with Gasteiger partial charge in [-0.05, 0) is 18.3 Å². The third-order valence-electron chi connectivity index (χ3n) is 4.67. The Labute approximate surface area is 123 Å². The maximum atomic E-state index is 12.1. The lowest BCUT2D eigenvalue weighted by atomic mass is 9.76. The Hall–Kier alpha value is -0.170. The quantitative estimate of drug-likeness (QED) is 0.761. The van der Waals surface area contributed by atoms with E-state index < -0.39 is 10.0 Å². The van der Waals surface area contributed by atoms with E-state index in [0.29, 0.717) is 13.1 Å². The lowest BCUT2D eigenvalue weighted by Gasteiger charge is -2.33. The van der Waals surface area contributed by atoms with Crippen LogP contribution in [0.1, 0.15) is 39.0 Å². The zero-order valence-corrected chi connectivity index (χ0v) is 13.5. The van der Waals surface area contributed by atoms with Crippen LogP contribution in [0.3, 0.4) is 0 Å². The molecule has 118 valence electrons. The number of hydrogen-bond acceptors (Lipinski definition) is 4. The Morgan fingerprint density at radius 3 is 2.45 bits per heavy atom. The number of nitrogens with one attached hydrogen (secondary N) is 2. The molecule has 0 unspecified atom stereocenters. The van der Waals surface area contributed by atoms with Gasteiger partial charge in [-0.2, -0.15) is 0 Å². The van der Waals surface area contributed by atoms with Gasteiger partial charge in [-0.1, -0.05) is 26.2 Å². The molecule has 0 atom stereocenters. The maximum Gasteiger partial charge on any atom is 0.212 e. The third kappa shape index (κ3) is 5.31. The van der Waals surface area contributed by atoms with E-state index in [-0.39, 0.29) is 11.2 Å². The van der Waals surface area contributed by atoms with E-state index in [0.717, 1.165) is 39.0 Å². The van der Waals surface area contributed by atoms with Gasteiger partial charge in [0.2, 0.25) is 10.0 Å². The number of rotatable bonds is 6. The van der Waals surface area contributed by atoms with Crippen LogP contribution < -0.4 is 10.0 Å². The van der Waals surface area contributed by atoms with E-state index in [1.54, 1.807) is 0 Å². The maximum absolute atomic E-state index is 12.1. The summed E-state index contributed by atoms with van der Waals surface area (Å²) in [6, 6.07) is 0. The highest BCUT2D eigenvalue weighted by molar-refractivity contribution is 7.89. The largest absolute Gasteiger partial charge is 0.314 e. The summed E-state index contributed by atoms with van der Waals surface area (Å²) in [5.41, 5.74) is 0.167. The van der Waals surface area contributed by atoms with Gasteiger partial charge in [0.05, 0.1) is 5.75 Å². The van der Waals surface area contributed by atoms with Crippen molar-refractivity contribution >= 4 is 10.0 Å². The van der Waals surface area contributed by atoms with Gasteiger partial charge in [0, 0.05) is 39.3 Å². The first-order valence-corrected chi connectivity index (χ1v) is 9.55. The molecule has 1 heterocycles. The molecule has 1 saturated heterocycles. The van der Waals surface area contributed by atoms with E-state index in [9.17, 15) is 8.42 Å². The SMILES string of the molecule is CC1(CNS(=O)(=O)CCN2CCNCC2)CCCCC1. The molecule has 0 aromatic heterocycles. The van der Waals surface area contributed by atoms with Crippen LogP contribution in [-0.2, 0) is 10.0 Å². The van der Waals surface area contributed by atoms with E-state index in [4.69, 9.17) is 0 Å². The fourth-order valence-corrected chi connectivity index (χ4v) is 4.33. The summed E-state index contributed by atoms with van der Waals surface area (Å²) in [6.07, 6.45) is 6.06. The first-order chi connectivity index (χ1) is 9.49. The number of piperazine rings is 1. The van der Waals surface area contributed by atoms with Gasteiger partial charge in [-0.15, -0.1) is 0 Å². The minimum absolute atomic E-state index is 0.167. The Balaban J connectivity index is 1.72. The van der Waals surface area contributed by atoms with Gasteiger partial charge in [0.15, 0.2) is 0 Å². The number of nitrogens with zero attached hydrogens (tertiary/aromatic N) is 1. The first kappa shape index (κ1) is 16.2. The molecule has 2 rings (SSSR count). The smallest absolute Gasteiger partial charge is 0.212 e. The molecule has 0 amide bonds. The summed E-state index contributed by atoms with van der Waals surface area (Å²) in [6.45, 7) is 7.30. The Morgan fingerprint density at radius 1 is 1.15 bits per heavy atom. The molecule has 2 N–H and O–H groups in total. The molecule has 0 aromatic rings. The average Bonchev–Trinajstić information content (AvgIpc) is 2.46. The predicted octanol–water partition coefficient (Wildman–Crippen LogP) is 0.781. The van der Waals surface area contributed by atoms with Crippen LogP contribution in [0.15, 0.2) is 0 Å². The molecule has 20 heavy (non-hydrogen) atoms. The molecule has 2 aliphatic rings. The van der Waals surface area contributed by atoms with Crippen molar-refractivity contribution in [3.63, 3.8) is 0 Å². The summed E-state index contributed by atoms with van der Waals surface area (Å²) in [4.78, 5) is 2.22. The van der Waals surface area contributed by atoms with Gasteiger partial charge in [-0.25, -0.2) is 13.1 Å². The fraction of sp³-hybridized carbons (Fsp3) is 1.00. The fourth-order valence-electron chi connectivity index (χ4n) is 3.12. The summed E-state index contributed by atoms with van der Waals surface area (Å²) in [5.74, 6) is 0.225. The standard InChI is InChI=1S/C14H29N3O2S/c1-14(5-3-2-4-6-14)13-16-20(18,19)12-11-17-9-7-15-8-10-17/h15-16H,2-13H2,1H3. The Morgan fingerprint density at radius 2 is 1.80 bits per heavy atom. The van der Waals surface area contributed by atoms with Crippen molar-refractivity contribution in [2.24, 2.45) is 5.41 Å². The van der Waals surface area contributed by atoms with Gasteiger partial charge < -0.3 is 5.32 Å². The van der Waals surface area contributed by atoms with Crippen LogP contribution in [0.2, 0.25) is 0 Å². The Bertz CT molecular complexity index is 385. The van der Waals surface area contributed by atoms with Crippen molar-refractivity contribution < 1.29 is 8.42 Å². The van der Waals surface area contributed by atoms with E-state index in [1.807, 2.05) is 0 Å². The van der Waals surface area contributed by atoms with Gasteiger partial charge in [0.1, 0.15) is 0 Å². The monoisotopic (exact) mass is 303 g/mol. The predicted molar refractivity (Wildman–Crippen MR) is 82.3 cm³/mol. The van der Waals surface area contributed by atoms with E-state index in [2.05, 4.69) is 21.9 Å². The summed E-state index contributed by atoms with van der Waals surface area (Å²) >= 11 is 0. The molecule has 1 aliphatic heterocycles. The molecule has 0 spiro atoms. The van der Waals surface area contributed by atoms with Crippen LogP contribution in [0, 0.1) is 5.41 Å². The first-order valence-electron chi connectivity index (χ1n) is 7.90. The zero-order chi connectivity index (χ0) is 14.5. The Kier molecular flexibility index (Phi) is 5.84. The summed E-state index contributed by atoms with van der Waals surface area (Å²) in [5, 5.41) is 3.28. The second kappa shape index (κ2) is 7.20. The van der Waals surface area contributed by atoms with Crippen LogP contribution in [0.5, 0.6) is 0 Å². The van der Waals surface area contributed by atoms with Crippen LogP contribution in [0.4, 0.5) is 0 Å². The van der Waals surface area contributed by atoms with Crippen molar-refractivity contribution in [2.45, 2.75) is 39.0 Å². The van der Waals surface area contributed by atoms with Crippen LogP contribution in [0.25, 0.3) is 0 Å². The molecular weight excluding hydrogens is 274 g/mol. The highest BCUT2D eigenvalue weighted by Crippen LogP contribution is 2.35. The molecule has 0 bridgehead atoms. The molecule has 1 aliphatic carbocycles. The highest BCUT2D eigenvalue weighted by atomic mass is 32.2. The molecule has 1 saturated carbocycles. The van der Waals surface area contributed by atoms with Crippen molar-refractivity contribution in [1.29, 1.82) is 0 Å². The average molecular weight is 303 g/mol. The number of sulfonamides is 1. The molecule has 5 nitrogen and oxygen atoms in total. The second-order valence-corrected chi connectivity index (χ2v) is 8.53. The molecule has 6 heteroatoms. The topological polar surface area (TPSA) is 61.4 Å². The molecule has 0 aromatic carbocycles. The summed E-state index contributed by atoms with van der Waals surface area (Å²) < 4.78 is 27.0. The van der Waals surface area contributed by atoms with Gasteiger partial charge in [-0.3, -0.25) is 4.90 Å². The molecular formula is C14H29N3O2S. The van der Waals surface area contributed by atoms with Crippen LogP contribution in [-0.4, -0.2) is 58.3 Å². The summed E-state index contributed by atoms with van der Waals surface area (Å²) in [7, 11) is -3.13. The molecule has 0 radical (unpaired) electrons. The van der Waals surface area contributed by atoms with E-state index >= 15 is 0 Å². The van der Waals surface area contributed by atoms with Gasteiger partial charge in [0.25, 0.3) is 0 Å². The van der Waals surface area contributed by atoms with Crippen molar-refractivity contribution in [3.8, 4) is 0 Å². The van der Waals surface area contributed by atoms with Crippen molar-refractivity contribution in [3.05, 3.63) is 0 Å². The highest BCUT2D eigenvalue weighted by Gasteiger charge is 2.28. The third-order valence-corrected chi connectivity index (χ3v) is 5.97. The minimum atomic E-state index is -3.13. The lowest BCUT2D eigenvalue weighted by Crippen LogP contribution is -2.46. The van der Waals surface area contributed by atoms with Crippen molar-refractivity contribution in [2.75, 3.05) is 45.0 Å².